The van der Waals surface area contributed by atoms with Crippen LogP contribution in [0.15, 0.2) is 40.5 Å². The molecule has 4 heterocycles. The minimum atomic E-state index is -0.320. The van der Waals surface area contributed by atoms with E-state index in [4.69, 9.17) is 9.47 Å². The summed E-state index contributed by atoms with van der Waals surface area (Å²) in [6.45, 7) is 1.35. The predicted molar refractivity (Wildman–Crippen MR) is 99.6 cm³/mol. The molecule has 1 aromatic carbocycles. The molecule has 2 unspecified atom stereocenters. The Labute approximate surface area is 154 Å². The number of thioether (sulfide) groups is 1. The Hall–Kier alpha value is -2.74. The molecule has 0 spiro atoms. The van der Waals surface area contributed by atoms with E-state index < -0.39 is 0 Å². The molecule has 1 amide bonds. The van der Waals surface area contributed by atoms with Crippen molar-refractivity contribution < 1.29 is 14.3 Å². The smallest absolute Gasteiger partial charge is 0.248 e. The van der Waals surface area contributed by atoms with Gasteiger partial charge in [0, 0.05) is 12.1 Å². The molecule has 0 saturated heterocycles. The number of anilines is 2. The number of benzene rings is 1. The van der Waals surface area contributed by atoms with Gasteiger partial charge in [0.2, 0.25) is 5.91 Å². The van der Waals surface area contributed by atoms with Crippen molar-refractivity contribution in [2.45, 2.75) is 16.3 Å². The molecule has 26 heavy (non-hydrogen) atoms. The third kappa shape index (κ3) is 2.25. The number of hydrogen-bond acceptors (Lipinski definition) is 7. The maximum absolute atomic E-state index is 13.1. The molecule has 1 aromatic heterocycles. The minimum Gasteiger partial charge on any atom is -0.497 e. The van der Waals surface area contributed by atoms with Crippen LogP contribution in [0, 0.1) is 0 Å². The maximum Gasteiger partial charge on any atom is 0.248 e. The van der Waals surface area contributed by atoms with E-state index in [1.165, 1.54) is 11.8 Å². The monoisotopic (exact) mass is 368 g/mol. The number of carbonyl (C=O) groups excluding carboxylic acids is 1. The van der Waals surface area contributed by atoms with Crippen molar-refractivity contribution in [2.75, 3.05) is 30.5 Å². The van der Waals surface area contributed by atoms with Crippen molar-refractivity contribution in [1.29, 1.82) is 0 Å². The topological polar surface area (TPSA) is 76.1 Å². The summed E-state index contributed by atoms with van der Waals surface area (Å²) in [5.41, 5.74) is 2.66. The van der Waals surface area contributed by atoms with E-state index in [9.17, 15) is 4.79 Å². The minimum absolute atomic E-state index is 0.00337. The molecule has 2 atom stereocenters. The number of amides is 1. The van der Waals surface area contributed by atoms with Crippen LogP contribution in [0.1, 0.15) is 11.6 Å². The number of fused-ring (bicyclic) bond motifs is 5. The van der Waals surface area contributed by atoms with Gasteiger partial charge in [0.25, 0.3) is 0 Å². The molecule has 0 saturated carbocycles. The van der Waals surface area contributed by atoms with Gasteiger partial charge < -0.3 is 14.8 Å². The molecule has 7 nitrogen and oxygen atoms in total. The summed E-state index contributed by atoms with van der Waals surface area (Å²) in [5, 5.41) is 3.90. The number of rotatable bonds is 2. The van der Waals surface area contributed by atoms with E-state index in [0.717, 1.165) is 40.0 Å². The predicted octanol–water partition coefficient (Wildman–Crippen LogP) is 2.49. The van der Waals surface area contributed by atoms with Crippen molar-refractivity contribution in [2.24, 2.45) is 4.99 Å². The van der Waals surface area contributed by atoms with Crippen LogP contribution in [0.25, 0.3) is 0 Å². The molecule has 0 fully saturated rings. The van der Waals surface area contributed by atoms with E-state index in [1.807, 2.05) is 24.3 Å². The zero-order chi connectivity index (χ0) is 17.7. The number of aliphatic imine (C=N–C) groups is 1. The lowest BCUT2D eigenvalue weighted by Crippen LogP contribution is -2.42. The highest BCUT2D eigenvalue weighted by Crippen LogP contribution is 2.52. The van der Waals surface area contributed by atoms with Gasteiger partial charge in [-0.25, -0.2) is 4.98 Å². The largest absolute Gasteiger partial charge is 0.497 e. The lowest BCUT2D eigenvalue weighted by atomic mass is 10.0. The Morgan fingerprint density at radius 1 is 1.35 bits per heavy atom. The molecule has 0 radical (unpaired) electrons. The average molecular weight is 368 g/mol. The fraction of sp³-hybridized carbons (Fsp3) is 0.278. The molecule has 3 aliphatic rings. The van der Waals surface area contributed by atoms with E-state index in [-0.39, 0.29) is 17.2 Å². The standard InChI is InChI=1S/C18H16N4O3S/c1-24-11-4-2-10(3-5-11)22-9-21-15-13-14-12(25-7-6-19-14)8-20-17(13)26-16(15)18(22)23/h2-5,8-9,15-16,19H,6-7H2,1H3. The van der Waals surface area contributed by atoms with E-state index >= 15 is 0 Å². The van der Waals surface area contributed by atoms with Crippen LogP contribution in [0.2, 0.25) is 0 Å². The van der Waals surface area contributed by atoms with Gasteiger partial charge in [0.05, 0.1) is 31.0 Å². The first-order valence-corrected chi connectivity index (χ1v) is 9.21. The second kappa shape index (κ2) is 5.91. The lowest BCUT2D eigenvalue weighted by molar-refractivity contribution is -0.117. The van der Waals surface area contributed by atoms with Crippen LogP contribution in [0.5, 0.6) is 11.5 Å². The lowest BCUT2D eigenvalue weighted by Gasteiger charge is -2.29. The molecule has 0 bridgehead atoms. The number of pyridine rings is 1. The van der Waals surface area contributed by atoms with Crippen molar-refractivity contribution in [1.82, 2.24) is 4.98 Å². The number of nitrogens with zero attached hydrogens (tertiary/aromatic N) is 3. The number of carbonyl (C=O) groups is 1. The van der Waals surface area contributed by atoms with Gasteiger partial charge in [-0.2, -0.15) is 0 Å². The number of hydrogen-bond donors (Lipinski definition) is 1. The molecular weight excluding hydrogens is 352 g/mol. The Morgan fingerprint density at radius 3 is 3.00 bits per heavy atom. The van der Waals surface area contributed by atoms with Crippen LogP contribution in [-0.2, 0) is 4.79 Å². The number of aromatic nitrogens is 1. The highest BCUT2D eigenvalue weighted by atomic mass is 32.2. The van der Waals surface area contributed by atoms with Gasteiger partial charge >= 0.3 is 0 Å². The van der Waals surface area contributed by atoms with E-state index in [1.54, 1.807) is 24.5 Å². The summed E-state index contributed by atoms with van der Waals surface area (Å²) in [6, 6.07) is 7.13. The first-order valence-electron chi connectivity index (χ1n) is 8.33. The molecular formula is C18H16N4O3S. The first-order chi connectivity index (χ1) is 12.8. The Kier molecular flexibility index (Phi) is 3.53. The van der Waals surface area contributed by atoms with Gasteiger partial charge in [-0.3, -0.25) is 14.7 Å². The Morgan fingerprint density at radius 2 is 2.19 bits per heavy atom. The fourth-order valence-corrected chi connectivity index (χ4v) is 4.69. The van der Waals surface area contributed by atoms with Crippen molar-refractivity contribution >= 4 is 35.4 Å². The zero-order valence-corrected chi connectivity index (χ0v) is 14.8. The molecule has 5 rings (SSSR count). The highest BCUT2D eigenvalue weighted by Gasteiger charge is 2.46. The highest BCUT2D eigenvalue weighted by molar-refractivity contribution is 8.01. The second-order valence-electron chi connectivity index (χ2n) is 6.15. The molecule has 132 valence electrons. The summed E-state index contributed by atoms with van der Waals surface area (Å²) >= 11 is 1.47. The third-order valence-electron chi connectivity index (χ3n) is 4.70. The van der Waals surface area contributed by atoms with E-state index in [2.05, 4.69) is 15.3 Å². The molecule has 2 aromatic rings. The summed E-state index contributed by atoms with van der Waals surface area (Å²) in [5.74, 6) is 1.48. The van der Waals surface area contributed by atoms with Crippen LogP contribution in [0.4, 0.5) is 11.4 Å². The number of methoxy groups -OCH3 is 1. The SMILES string of the molecule is COc1ccc(N2C=NC3c4c(ncc5c4NCCO5)SC3C2=O)cc1. The molecule has 1 N–H and O–H groups in total. The van der Waals surface area contributed by atoms with Gasteiger partial charge in [0.15, 0.2) is 5.75 Å². The molecule has 3 aliphatic heterocycles. The first kappa shape index (κ1) is 15.5. The fourth-order valence-electron chi connectivity index (χ4n) is 3.43. The van der Waals surface area contributed by atoms with Crippen LogP contribution >= 0.6 is 11.8 Å². The second-order valence-corrected chi connectivity index (χ2v) is 7.28. The van der Waals surface area contributed by atoms with Gasteiger partial charge in [-0.05, 0) is 24.3 Å². The average Bonchev–Trinajstić information content (AvgIpc) is 3.09. The Balaban J connectivity index is 1.51. The van der Waals surface area contributed by atoms with Crippen molar-refractivity contribution in [3.8, 4) is 11.5 Å². The maximum atomic E-state index is 13.1. The summed E-state index contributed by atoms with van der Waals surface area (Å²) in [7, 11) is 1.62. The third-order valence-corrected chi connectivity index (χ3v) is 5.96. The molecule has 8 heteroatoms. The van der Waals surface area contributed by atoms with Gasteiger partial charge in [0.1, 0.15) is 28.7 Å². The number of nitrogens with one attached hydrogen (secondary N) is 1. The van der Waals surface area contributed by atoms with Gasteiger partial charge in [-0.1, -0.05) is 11.8 Å². The number of ether oxygens (including phenoxy) is 2. The summed E-state index contributed by atoms with van der Waals surface area (Å²) in [4.78, 5) is 23.9. The zero-order valence-electron chi connectivity index (χ0n) is 14.0. The quantitative estimate of drug-likeness (QED) is 0.878. The normalized spacial score (nSPS) is 22.8. The van der Waals surface area contributed by atoms with Crippen molar-refractivity contribution in [3.05, 3.63) is 36.0 Å². The Bertz CT molecular complexity index is 915. The van der Waals surface area contributed by atoms with E-state index in [0.29, 0.717) is 6.61 Å². The van der Waals surface area contributed by atoms with Crippen molar-refractivity contribution in [3.63, 3.8) is 0 Å². The van der Waals surface area contributed by atoms with Crippen LogP contribution < -0.4 is 19.7 Å². The molecule has 0 aliphatic carbocycles. The van der Waals surface area contributed by atoms with Crippen LogP contribution in [-0.4, -0.2) is 42.7 Å². The van der Waals surface area contributed by atoms with Crippen LogP contribution in [0.3, 0.4) is 0 Å². The summed E-state index contributed by atoms with van der Waals surface area (Å²) < 4.78 is 10.9. The van der Waals surface area contributed by atoms with Gasteiger partial charge in [-0.15, -0.1) is 0 Å². The summed E-state index contributed by atoms with van der Waals surface area (Å²) in [6.07, 6.45) is 3.34.